The fourth-order valence-electron chi connectivity index (χ4n) is 2.33. The maximum atomic E-state index is 12.0. The van der Waals surface area contributed by atoms with Crippen molar-refractivity contribution in [3.05, 3.63) is 87.1 Å². The second kappa shape index (κ2) is 8.75. The third kappa shape index (κ3) is 4.90. The molecule has 1 N–H and O–H groups in total. The van der Waals surface area contributed by atoms with Gasteiger partial charge >= 0.3 is 0 Å². The summed E-state index contributed by atoms with van der Waals surface area (Å²) in [5.41, 5.74) is 4.68. The Kier molecular flexibility index (Phi) is 6.16. The van der Waals surface area contributed by atoms with Gasteiger partial charge in [-0.25, -0.2) is 5.43 Å². The second-order valence-electron chi connectivity index (χ2n) is 5.66. The van der Waals surface area contributed by atoms with Gasteiger partial charge in [0.1, 0.15) is 6.61 Å². The maximum absolute atomic E-state index is 12.0. The molecule has 0 radical (unpaired) electrons. The number of furan rings is 1. The number of halogens is 2. The molecule has 0 unspecified atom stereocenters. The number of aryl methyl sites for hydroxylation is 1. The summed E-state index contributed by atoms with van der Waals surface area (Å²) in [6.45, 7) is 2.26. The van der Waals surface area contributed by atoms with Crippen molar-refractivity contribution in [1.29, 1.82) is 0 Å². The molecule has 5 nitrogen and oxygen atoms in total. The van der Waals surface area contributed by atoms with Gasteiger partial charge in [-0.2, -0.15) is 5.10 Å². The third-order valence-electron chi connectivity index (χ3n) is 3.79. The Morgan fingerprint density at radius 1 is 1.11 bits per heavy atom. The first-order valence-corrected chi connectivity index (χ1v) is 8.85. The molecule has 0 atom stereocenters. The van der Waals surface area contributed by atoms with Crippen LogP contribution in [0.15, 0.2) is 64.1 Å². The zero-order valence-corrected chi connectivity index (χ0v) is 15.9. The molecule has 0 spiro atoms. The van der Waals surface area contributed by atoms with E-state index in [1.165, 1.54) is 6.21 Å². The average Bonchev–Trinajstić information content (AvgIpc) is 3.09. The molecule has 138 valence electrons. The third-order valence-corrected chi connectivity index (χ3v) is 4.47. The number of carbonyl (C=O) groups is 1. The van der Waals surface area contributed by atoms with Crippen molar-refractivity contribution in [2.24, 2.45) is 5.10 Å². The molecule has 1 heterocycles. The van der Waals surface area contributed by atoms with Crippen molar-refractivity contribution in [2.45, 2.75) is 13.5 Å². The van der Waals surface area contributed by atoms with E-state index >= 15 is 0 Å². The number of amides is 1. The van der Waals surface area contributed by atoms with Gasteiger partial charge in [-0.05, 0) is 36.8 Å². The van der Waals surface area contributed by atoms with Crippen molar-refractivity contribution in [2.75, 3.05) is 0 Å². The van der Waals surface area contributed by atoms with Gasteiger partial charge in [0.2, 0.25) is 0 Å². The topological polar surface area (TPSA) is 63.8 Å². The van der Waals surface area contributed by atoms with Crippen molar-refractivity contribution in [1.82, 2.24) is 5.43 Å². The van der Waals surface area contributed by atoms with E-state index in [1.54, 1.807) is 36.4 Å². The number of hydrogen-bond acceptors (Lipinski definition) is 4. The molecule has 0 saturated heterocycles. The Hall–Kier alpha value is -2.76. The molecule has 3 rings (SSSR count). The molecular weight excluding hydrogens is 387 g/mol. The van der Waals surface area contributed by atoms with Crippen LogP contribution in [0.2, 0.25) is 10.0 Å². The lowest BCUT2D eigenvalue weighted by Gasteiger charge is -2.08. The molecule has 1 amide bonds. The highest BCUT2D eigenvalue weighted by atomic mass is 35.5. The highest BCUT2D eigenvalue weighted by molar-refractivity contribution is 6.33. The Bertz CT molecular complexity index is 963. The smallest absolute Gasteiger partial charge is 0.285 e. The minimum atomic E-state index is -0.408. The van der Waals surface area contributed by atoms with Gasteiger partial charge in [0.15, 0.2) is 5.76 Å². The number of carbonyl (C=O) groups excluding carboxylic acids is 1. The number of nitrogens with zero attached hydrogens (tertiary/aromatic N) is 1. The molecule has 0 aliphatic rings. The number of hydrogen-bond donors (Lipinski definition) is 1. The van der Waals surface area contributed by atoms with Crippen LogP contribution < -0.4 is 10.2 Å². The van der Waals surface area contributed by atoms with Gasteiger partial charge in [0, 0.05) is 16.7 Å². The molecule has 27 heavy (non-hydrogen) atoms. The molecule has 7 heteroatoms. The predicted octanol–water partition coefficient (Wildman–Crippen LogP) is 5.24. The fourth-order valence-corrected chi connectivity index (χ4v) is 2.83. The van der Waals surface area contributed by atoms with Crippen LogP contribution in [0.25, 0.3) is 0 Å². The molecule has 1 aromatic heterocycles. The molecule has 0 saturated carbocycles. The van der Waals surface area contributed by atoms with E-state index in [-0.39, 0.29) is 0 Å². The Balaban J connectivity index is 1.57. The molecule has 2 aromatic carbocycles. The van der Waals surface area contributed by atoms with Crippen LogP contribution in [0, 0.1) is 6.92 Å². The molecule has 0 aliphatic carbocycles. The van der Waals surface area contributed by atoms with Crippen molar-refractivity contribution in [3.8, 4) is 5.95 Å². The standard InChI is InChI=1S/C20H16Cl2N2O3/c1-13-5-4-8-18(22)16(13)12-26-19-10-9-14(27-19)11-23-24-20(25)15-6-2-3-7-17(15)21/h2-11H,12H2,1H3,(H,24,25)/b23-11+. The van der Waals surface area contributed by atoms with E-state index in [0.717, 1.165) is 11.1 Å². The van der Waals surface area contributed by atoms with Crippen LogP contribution in [0.1, 0.15) is 27.2 Å². The summed E-state index contributed by atoms with van der Waals surface area (Å²) in [5, 5.41) is 4.86. The quantitative estimate of drug-likeness (QED) is 0.452. The van der Waals surface area contributed by atoms with E-state index < -0.39 is 5.91 Å². The molecule has 0 fully saturated rings. The van der Waals surface area contributed by atoms with Gasteiger partial charge in [-0.3, -0.25) is 4.79 Å². The van der Waals surface area contributed by atoms with Gasteiger partial charge < -0.3 is 9.15 Å². The molecule has 0 aliphatic heterocycles. The number of hydrazone groups is 1. The zero-order valence-electron chi connectivity index (χ0n) is 14.4. The summed E-state index contributed by atoms with van der Waals surface area (Å²) in [7, 11) is 0. The average molecular weight is 403 g/mol. The normalized spacial score (nSPS) is 10.9. The lowest BCUT2D eigenvalue weighted by molar-refractivity contribution is 0.0955. The van der Waals surface area contributed by atoms with Crippen LogP contribution >= 0.6 is 23.2 Å². The number of benzene rings is 2. The minimum absolute atomic E-state index is 0.291. The number of rotatable bonds is 6. The Labute approximate surface area is 166 Å². The van der Waals surface area contributed by atoms with Gasteiger partial charge in [-0.15, -0.1) is 0 Å². The van der Waals surface area contributed by atoms with Crippen LogP contribution in [0.5, 0.6) is 5.95 Å². The molecule has 3 aromatic rings. The highest BCUT2D eigenvalue weighted by Gasteiger charge is 2.09. The van der Waals surface area contributed by atoms with Crippen molar-refractivity contribution in [3.63, 3.8) is 0 Å². The maximum Gasteiger partial charge on any atom is 0.285 e. The monoisotopic (exact) mass is 402 g/mol. The lowest BCUT2D eigenvalue weighted by atomic mass is 10.1. The van der Waals surface area contributed by atoms with Crippen molar-refractivity contribution < 1.29 is 13.9 Å². The number of ether oxygens (including phenoxy) is 1. The summed E-state index contributed by atoms with van der Waals surface area (Å²) >= 11 is 12.1. The second-order valence-corrected chi connectivity index (χ2v) is 6.47. The fraction of sp³-hybridized carbons (Fsp3) is 0.100. The Morgan fingerprint density at radius 2 is 1.89 bits per heavy atom. The SMILES string of the molecule is Cc1cccc(Cl)c1COc1ccc(/C=N/NC(=O)c2ccccc2Cl)o1. The first-order chi connectivity index (χ1) is 13.0. The Morgan fingerprint density at radius 3 is 2.67 bits per heavy atom. The van der Waals surface area contributed by atoms with E-state index in [2.05, 4.69) is 10.5 Å². The van der Waals surface area contributed by atoms with Gasteiger partial charge in [0.25, 0.3) is 11.9 Å². The number of nitrogens with one attached hydrogen (secondary N) is 1. The van der Waals surface area contributed by atoms with E-state index in [1.807, 2.05) is 25.1 Å². The van der Waals surface area contributed by atoms with E-state index in [0.29, 0.717) is 33.9 Å². The minimum Gasteiger partial charge on any atom is -0.460 e. The highest BCUT2D eigenvalue weighted by Crippen LogP contribution is 2.23. The van der Waals surface area contributed by atoms with Crippen LogP contribution in [0.3, 0.4) is 0 Å². The largest absolute Gasteiger partial charge is 0.460 e. The van der Waals surface area contributed by atoms with Crippen LogP contribution in [-0.4, -0.2) is 12.1 Å². The first kappa shape index (κ1) is 19.0. The van der Waals surface area contributed by atoms with E-state index in [9.17, 15) is 4.79 Å². The van der Waals surface area contributed by atoms with E-state index in [4.69, 9.17) is 32.4 Å². The van der Waals surface area contributed by atoms with Crippen molar-refractivity contribution >= 4 is 35.3 Å². The summed E-state index contributed by atoms with van der Waals surface area (Å²) < 4.78 is 11.1. The summed E-state index contributed by atoms with van der Waals surface area (Å²) in [6.07, 6.45) is 1.38. The summed E-state index contributed by atoms with van der Waals surface area (Å²) in [5.74, 6) is 0.350. The predicted molar refractivity (Wildman–Crippen MR) is 106 cm³/mol. The zero-order chi connectivity index (χ0) is 19.2. The molecular formula is C20H16Cl2N2O3. The van der Waals surface area contributed by atoms with Crippen LogP contribution in [0.4, 0.5) is 0 Å². The van der Waals surface area contributed by atoms with Crippen LogP contribution in [-0.2, 0) is 6.61 Å². The van der Waals surface area contributed by atoms with Gasteiger partial charge in [0.05, 0.1) is 16.8 Å². The molecule has 0 bridgehead atoms. The summed E-state index contributed by atoms with van der Waals surface area (Å²) in [6, 6.07) is 15.7. The first-order valence-electron chi connectivity index (χ1n) is 8.09. The lowest BCUT2D eigenvalue weighted by Crippen LogP contribution is -2.17. The van der Waals surface area contributed by atoms with Gasteiger partial charge in [-0.1, -0.05) is 47.5 Å². The summed E-state index contributed by atoms with van der Waals surface area (Å²) in [4.78, 5) is 12.0.